The third-order valence-electron chi connectivity index (χ3n) is 5.67. The number of benzene rings is 1. The van der Waals surface area contributed by atoms with Crippen LogP contribution in [0.3, 0.4) is 0 Å². The first-order valence-corrected chi connectivity index (χ1v) is 11.6. The molecule has 1 saturated heterocycles. The monoisotopic (exact) mass is 447 g/mol. The van der Waals surface area contributed by atoms with Crippen LogP contribution in [0.1, 0.15) is 29.8 Å². The van der Waals surface area contributed by atoms with Crippen molar-refractivity contribution in [3.63, 3.8) is 0 Å². The highest BCUT2D eigenvalue weighted by Crippen LogP contribution is 2.26. The van der Waals surface area contributed by atoms with Gasteiger partial charge in [-0.2, -0.15) is 5.26 Å². The van der Waals surface area contributed by atoms with Crippen molar-refractivity contribution in [3.05, 3.63) is 64.7 Å². The Morgan fingerprint density at radius 2 is 1.94 bits per heavy atom. The van der Waals surface area contributed by atoms with Crippen LogP contribution >= 0.6 is 11.3 Å². The molecule has 164 valence electrons. The average Bonchev–Trinajstić information content (AvgIpc) is 3.37. The van der Waals surface area contributed by atoms with Crippen molar-refractivity contribution in [3.8, 4) is 17.2 Å². The van der Waals surface area contributed by atoms with Crippen molar-refractivity contribution in [1.29, 1.82) is 5.26 Å². The van der Waals surface area contributed by atoms with Crippen molar-refractivity contribution in [1.82, 2.24) is 15.3 Å². The lowest BCUT2D eigenvalue weighted by atomic mass is 9.93. The van der Waals surface area contributed by atoms with Gasteiger partial charge in [-0.3, -0.25) is 0 Å². The van der Waals surface area contributed by atoms with E-state index in [2.05, 4.69) is 38.4 Å². The van der Waals surface area contributed by atoms with Crippen LogP contribution in [0.5, 0.6) is 0 Å². The quantitative estimate of drug-likeness (QED) is 0.569. The number of anilines is 1. The normalized spacial score (nSPS) is 14.0. The van der Waals surface area contributed by atoms with Crippen LogP contribution in [0.2, 0.25) is 0 Å². The predicted octanol–water partition coefficient (Wildman–Crippen LogP) is 4.61. The molecule has 1 fully saturated rings. The van der Waals surface area contributed by atoms with Gasteiger partial charge in [0, 0.05) is 43.0 Å². The zero-order chi connectivity index (χ0) is 22.2. The predicted molar refractivity (Wildman–Crippen MR) is 124 cm³/mol. The van der Waals surface area contributed by atoms with Gasteiger partial charge in [0.2, 0.25) is 0 Å². The summed E-state index contributed by atoms with van der Waals surface area (Å²) in [6.45, 7) is 2.77. The number of hydrogen-bond donors (Lipinski definition) is 1. The second-order valence-electron chi connectivity index (χ2n) is 7.74. The van der Waals surface area contributed by atoms with Crippen molar-refractivity contribution in [2.45, 2.75) is 25.9 Å². The van der Waals surface area contributed by atoms with Crippen LogP contribution in [-0.2, 0) is 11.3 Å². The van der Waals surface area contributed by atoms with E-state index in [9.17, 15) is 4.79 Å². The highest BCUT2D eigenvalue weighted by atomic mass is 32.1. The number of carbonyl (C=O) groups is 1. The smallest absolute Gasteiger partial charge is 0.407 e. The Labute approximate surface area is 191 Å². The number of amides is 1. The van der Waals surface area contributed by atoms with Gasteiger partial charge in [0.05, 0.1) is 11.6 Å². The Kier molecular flexibility index (Phi) is 7.31. The lowest BCUT2D eigenvalue weighted by Crippen LogP contribution is -2.35. The zero-order valence-electron chi connectivity index (χ0n) is 17.7. The average molecular weight is 448 g/mol. The van der Waals surface area contributed by atoms with E-state index in [0.717, 1.165) is 54.3 Å². The molecule has 1 aliphatic heterocycles. The first kappa shape index (κ1) is 21.8. The fourth-order valence-electron chi connectivity index (χ4n) is 3.81. The molecule has 7 nitrogen and oxygen atoms in total. The van der Waals surface area contributed by atoms with Gasteiger partial charge in [-0.25, -0.2) is 14.8 Å². The number of hydrogen-bond acceptors (Lipinski definition) is 7. The van der Waals surface area contributed by atoms with Gasteiger partial charge in [-0.05, 0) is 55.0 Å². The number of alkyl carbamates (subject to hydrolysis) is 1. The SMILES string of the molecule is N#Cc1ccc(-c2ccc(N3CCC(CCNC(=O)OCc4nccs4)CC3)nc2)cc1. The number of rotatable bonds is 7. The molecule has 32 heavy (non-hydrogen) atoms. The molecule has 0 saturated carbocycles. The summed E-state index contributed by atoms with van der Waals surface area (Å²) >= 11 is 1.47. The van der Waals surface area contributed by atoms with Gasteiger partial charge < -0.3 is 15.0 Å². The van der Waals surface area contributed by atoms with E-state index >= 15 is 0 Å². The standard InChI is InChI=1S/C24H25N5O2S/c25-15-19-1-3-20(4-2-19)21-5-6-22(28-16-21)29-12-8-18(9-13-29)7-10-27-24(30)31-17-23-26-11-14-32-23/h1-6,11,14,16,18H,7-10,12-13,17H2,(H,27,30). The van der Waals surface area contributed by atoms with Gasteiger partial charge in [-0.15, -0.1) is 11.3 Å². The van der Waals surface area contributed by atoms with E-state index in [0.29, 0.717) is 18.0 Å². The number of aromatic nitrogens is 2. The summed E-state index contributed by atoms with van der Waals surface area (Å²) in [6, 6.07) is 13.8. The minimum Gasteiger partial charge on any atom is -0.442 e. The molecular formula is C24H25N5O2S. The molecule has 2 aromatic heterocycles. The largest absolute Gasteiger partial charge is 0.442 e. The van der Waals surface area contributed by atoms with Crippen molar-refractivity contribution in [2.24, 2.45) is 5.92 Å². The minimum absolute atomic E-state index is 0.221. The number of nitriles is 1. The third-order valence-corrected chi connectivity index (χ3v) is 6.42. The Bertz CT molecular complexity index is 1040. The van der Waals surface area contributed by atoms with E-state index in [4.69, 9.17) is 10.00 Å². The minimum atomic E-state index is -0.385. The van der Waals surface area contributed by atoms with Crippen LogP contribution in [0.25, 0.3) is 11.1 Å². The summed E-state index contributed by atoms with van der Waals surface area (Å²) in [5.41, 5.74) is 2.75. The van der Waals surface area contributed by atoms with E-state index in [1.54, 1.807) is 6.20 Å². The van der Waals surface area contributed by atoms with E-state index in [-0.39, 0.29) is 12.7 Å². The van der Waals surface area contributed by atoms with Crippen LogP contribution in [0.4, 0.5) is 10.6 Å². The van der Waals surface area contributed by atoms with E-state index in [1.165, 1.54) is 11.3 Å². The summed E-state index contributed by atoms with van der Waals surface area (Å²) in [6.07, 6.45) is 6.32. The molecule has 0 aliphatic carbocycles. The maximum atomic E-state index is 11.8. The van der Waals surface area contributed by atoms with Crippen molar-refractivity contribution < 1.29 is 9.53 Å². The molecule has 1 amide bonds. The van der Waals surface area contributed by atoms with Gasteiger partial charge in [-0.1, -0.05) is 12.1 Å². The zero-order valence-corrected chi connectivity index (χ0v) is 18.6. The summed E-state index contributed by atoms with van der Waals surface area (Å²) < 4.78 is 5.17. The number of pyridine rings is 1. The molecule has 3 aromatic rings. The summed E-state index contributed by atoms with van der Waals surface area (Å²) in [4.78, 5) is 22.9. The molecule has 8 heteroatoms. The van der Waals surface area contributed by atoms with Crippen molar-refractivity contribution >= 4 is 23.2 Å². The third kappa shape index (κ3) is 5.83. The molecule has 0 atom stereocenters. The topological polar surface area (TPSA) is 91.1 Å². The summed E-state index contributed by atoms with van der Waals surface area (Å²) in [5, 5.41) is 14.4. The van der Waals surface area contributed by atoms with Crippen LogP contribution in [-0.4, -0.2) is 35.7 Å². The molecule has 1 N–H and O–H groups in total. The number of nitrogens with one attached hydrogen (secondary N) is 1. The number of carbonyl (C=O) groups excluding carboxylic acids is 1. The molecular weight excluding hydrogens is 422 g/mol. The summed E-state index contributed by atoms with van der Waals surface area (Å²) in [7, 11) is 0. The molecule has 0 spiro atoms. The second-order valence-corrected chi connectivity index (χ2v) is 8.72. The maximum Gasteiger partial charge on any atom is 0.407 e. The number of thiazole rings is 1. The highest BCUT2D eigenvalue weighted by molar-refractivity contribution is 7.09. The Morgan fingerprint density at radius 3 is 2.59 bits per heavy atom. The van der Waals surface area contributed by atoms with Crippen LogP contribution < -0.4 is 10.2 Å². The molecule has 1 aliphatic rings. The highest BCUT2D eigenvalue weighted by Gasteiger charge is 2.20. The molecule has 4 rings (SSSR count). The maximum absolute atomic E-state index is 11.8. The van der Waals surface area contributed by atoms with Gasteiger partial charge >= 0.3 is 6.09 Å². The van der Waals surface area contributed by atoms with Crippen LogP contribution in [0, 0.1) is 17.2 Å². The Morgan fingerprint density at radius 1 is 1.16 bits per heavy atom. The molecule has 1 aromatic carbocycles. The van der Waals surface area contributed by atoms with Crippen molar-refractivity contribution in [2.75, 3.05) is 24.5 Å². The molecule has 3 heterocycles. The van der Waals surface area contributed by atoms with Gasteiger partial charge in [0.15, 0.2) is 0 Å². The Balaban J connectivity index is 1.18. The number of piperidine rings is 1. The number of nitrogens with zero attached hydrogens (tertiary/aromatic N) is 4. The van der Waals surface area contributed by atoms with Gasteiger partial charge in [0.1, 0.15) is 17.4 Å². The van der Waals surface area contributed by atoms with E-state index < -0.39 is 0 Å². The Hall–Kier alpha value is -3.44. The lowest BCUT2D eigenvalue weighted by Gasteiger charge is -2.32. The fraction of sp³-hybridized carbons (Fsp3) is 0.333. The molecule has 0 radical (unpaired) electrons. The summed E-state index contributed by atoms with van der Waals surface area (Å²) in [5.74, 6) is 1.58. The van der Waals surface area contributed by atoms with E-state index in [1.807, 2.05) is 35.8 Å². The fourth-order valence-corrected chi connectivity index (χ4v) is 4.34. The first-order chi connectivity index (χ1) is 15.7. The van der Waals surface area contributed by atoms with Gasteiger partial charge in [0.25, 0.3) is 0 Å². The number of ether oxygens (including phenoxy) is 1. The molecule has 0 unspecified atom stereocenters. The molecule has 0 bridgehead atoms. The first-order valence-electron chi connectivity index (χ1n) is 10.7. The second kappa shape index (κ2) is 10.7. The van der Waals surface area contributed by atoms with Crippen LogP contribution in [0.15, 0.2) is 54.2 Å². The lowest BCUT2D eigenvalue weighted by molar-refractivity contribution is 0.138.